The van der Waals surface area contributed by atoms with Crippen molar-refractivity contribution in [2.75, 3.05) is 0 Å². The summed E-state index contributed by atoms with van der Waals surface area (Å²) in [7, 11) is 2.10. The molecule has 0 radical (unpaired) electrons. The Morgan fingerprint density at radius 2 is 1.78 bits per heavy atom. The van der Waals surface area contributed by atoms with Crippen molar-refractivity contribution in [2.24, 2.45) is 7.05 Å². The van der Waals surface area contributed by atoms with E-state index in [4.69, 9.17) is 15.3 Å². The van der Waals surface area contributed by atoms with Crippen molar-refractivity contribution in [1.29, 1.82) is 0 Å². The third-order valence-corrected chi connectivity index (χ3v) is 2.74. The normalized spacial score (nSPS) is 9.67. The van der Waals surface area contributed by atoms with Crippen molar-refractivity contribution in [3.8, 4) is 0 Å². The number of nitrogens with zero attached hydrogens (tertiary/aromatic N) is 2. The smallest absolute Gasteiger partial charge is 0.253 e. The number of hydrogen-bond donors (Lipinski definition) is 1. The molecular weight excluding hydrogens is 234 g/mol. The van der Waals surface area contributed by atoms with Crippen LogP contribution in [0.2, 0.25) is 0 Å². The molecule has 1 rings (SSSR count). The Bertz CT molecular complexity index is 322. The Hall–Kier alpha value is -1.59. The second-order valence-corrected chi connectivity index (χ2v) is 4.26. The van der Waals surface area contributed by atoms with Gasteiger partial charge in [-0.2, -0.15) is 0 Å². The van der Waals surface area contributed by atoms with Crippen LogP contribution in [0.4, 0.5) is 0 Å². The van der Waals surface area contributed by atoms with Crippen LogP contribution in [0.15, 0.2) is 12.4 Å². The van der Waals surface area contributed by atoms with Crippen LogP contribution in [-0.4, -0.2) is 10.1 Å². The molecule has 0 aliphatic rings. The fraction of sp³-hybridized carbons (Fsp3) is 0.750. The molecule has 0 atom stereocenters. The van der Waals surface area contributed by atoms with Gasteiger partial charge in [-0.05, 0) is 6.42 Å². The van der Waals surface area contributed by atoms with Crippen LogP contribution in [0, 0.1) is 15.3 Å². The standard InChI is InChI=1S/C12H22N2.NO3/c1-3-4-5-6-7-8-9-12-13-10-11-14(12)2;2-1(3)4/h10-11H,3-9H2,1-2H3;/q;-1/p+1. The van der Waals surface area contributed by atoms with Crippen LogP contribution >= 0.6 is 0 Å². The third kappa shape index (κ3) is 9.62. The molecule has 18 heavy (non-hydrogen) atoms. The minimum Gasteiger partial charge on any atom is -0.356 e. The van der Waals surface area contributed by atoms with E-state index >= 15 is 0 Å². The summed E-state index contributed by atoms with van der Waals surface area (Å²) in [6, 6.07) is 0. The highest BCUT2D eigenvalue weighted by Crippen LogP contribution is 2.06. The van der Waals surface area contributed by atoms with E-state index in [9.17, 15) is 0 Å². The van der Waals surface area contributed by atoms with Gasteiger partial charge in [-0.15, -0.1) is 0 Å². The number of unbranched alkanes of at least 4 members (excludes halogenated alkanes) is 5. The lowest BCUT2D eigenvalue weighted by atomic mass is 10.1. The van der Waals surface area contributed by atoms with Gasteiger partial charge in [0.1, 0.15) is 12.4 Å². The van der Waals surface area contributed by atoms with Crippen molar-refractivity contribution in [3.63, 3.8) is 0 Å². The molecule has 0 bridgehead atoms. The second kappa shape index (κ2) is 10.6. The van der Waals surface area contributed by atoms with Crippen LogP contribution in [0.3, 0.4) is 0 Å². The summed E-state index contributed by atoms with van der Waals surface area (Å²) in [6.45, 7) is 2.26. The maximum atomic E-state index is 8.25. The van der Waals surface area contributed by atoms with Crippen molar-refractivity contribution in [3.05, 3.63) is 33.5 Å². The molecule has 1 aromatic heterocycles. The van der Waals surface area contributed by atoms with Gasteiger partial charge >= 0.3 is 0 Å². The van der Waals surface area contributed by atoms with Gasteiger partial charge in [0.15, 0.2) is 0 Å². The van der Waals surface area contributed by atoms with Gasteiger partial charge in [-0.1, -0.05) is 39.0 Å². The molecule has 104 valence electrons. The fourth-order valence-corrected chi connectivity index (χ4v) is 1.76. The van der Waals surface area contributed by atoms with Crippen molar-refractivity contribution in [2.45, 2.75) is 51.9 Å². The molecule has 0 aliphatic heterocycles. The molecule has 0 fully saturated rings. The van der Waals surface area contributed by atoms with E-state index in [-0.39, 0.29) is 0 Å². The van der Waals surface area contributed by atoms with Gasteiger partial charge in [-0.25, -0.2) is 9.55 Å². The summed E-state index contributed by atoms with van der Waals surface area (Å²) in [4.78, 5) is 11.5. The lowest BCUT2D eigenvalue weighted by Gasteiger charge is -1.98. The third-order valence-electron chi connectivity index (χ3n) is 2.74. The molecule has 0 aliphatic carbocycles. The van der Waals surface area contributed by atoms with Crippen LogP contribution in [0.1, 0.15) is 51.3 Å². The van der Waals surface area contributed by atoms with E-state index in [1.54, 1.807) is 0 Å². The molecule has 0 aromatic carbocycles. The minimum atomic E-state index is -1.75. The van der Waals surface area contributed by atoms with Gasteiger partial charge in [0.2, 0.25) is 0 Å². The van der Waals surface area contributed by atoms with Crippen molar-refractivity contribution in [1.82, 2.24) is 4.98 Å². The highest BCUT2D eigenvalue weighted by atomic mass is 16.9. The van der Waals surface area contributed by atoms with Gasteiger partial charge in [0.25, 0.3) is 5.82 Å². The number of nitrogens with one attached hydrogen (secondary N) is 1. The zero-order valence-electron chi connectivity index (χ0n) is 11.2. The number of H-pyrrole nitrogens is 1. The van der Waals surface area contributed by atoms with Gasteiger partial charge in [0.05, 0.1) is 12.1 Å². The van der Waals surface area contributed by atoms with E-state index in [0.717, 1.165) is 0 Å². The first-order valence-corrected chi connectivity index (χ1v) is 6.41. The van der Waals surface area contributed by atoms with Crippen LogP contribution < -0.4 is 4.57 Å². The summed E-state index contributed by atoms with van der Waals surface area (Å²) in [5.41, 5.74) is 0. The topological polar surface area (TPSA) is 85.9 Å². The first kappa shape index (κ1) is 16.4. The molecule has 1 aromatic rings. The average Bonchev–Trinajstić information content (AvgIpc) is 2.69. The number of hydrogen-bond acceptors (Lipinski definition) is 3. The van der Waals surface area contributed by atoms with E-state index in [1.165, 1.54) is 50.8 Å². The highest BCUT2D eigenvalue weighted by molar-refractivity contribution is 4.76. The van der Waals surface area contributed by atoms with Crippen molar-refractivity contribution < 1.29 is 9.65 Å². The summed E-state index contributed by atoms with van der Waals surface area (Å²) in [6.07, 6.45) is 13.5. The first-order chi connectivity index (χ1) is 8.57. The Morgan fingerprint density at radius 1 is 1.22 bits per heavy atom. The monoisotopic (exact) mass is 257 g/mol. The SMILES string of the molecule is CCCCCCCCc1[nH]cc[n+]1C.O=[N+]([O-])[O-]. The van der Waals surface area contributed by atoms with Gasteiger partial charge in [0, 0.05) is 6.42 Å². The van der Waals surface area contributed by atoms with E-state index < -0.39 is 5.09 Å². The lowest BCUT2D eigenvalue weighted by molar-refractivity contribution is -0.677. The fourth-order valence-electron chi connectivity index (χ4n) is 1.76. The van der Waals surface area contributed by atoms with E-state index in [1.807, 2.05) is 6.20 Å². The zero-order valence-corrected chi connectivity index (χ0v) is 11.2. The molecule has 0 saturated heterocycles. The Labute approximate surface area is 108 Å². The molecule has 0 amide bonds. The van der Waals surface area contributed by atoms with Crippen LogP contribution in [0.5, 0.6) is 0 Å². The average molecular weight is 257 g/mol. The molecule has 6 heteroatoms. The second-order valence-electron chi connectivity index (χ2n) is 4.26. The van der Waals surface area contributed by atoms with Crippen LogP contribution in [0.25, 0.3) is 0 Å². The summed E-state index contributed by atoms with van der Waals surface area (Å²) in [5.74, 6) is 1.35. The summed E-state index contributed by atoms with van der Waals surface area (Å²) < 4.78 is 2.17. The predicted molar refractivity (Wildman–Crippen MR) is 69.4 cm³/mol. The number of aromatic nitrogens is 2. The molecule has 1 N–H and O–H groups in total. The first-order valence-electron chi connectivity index (χ1n) is 6.41. The maximum Gasteiger partial charge on any atom is 0.253 e. The molecule has 0 saturated carbocycles. The number of aromatic amines is 1. The van der Waals surface area contributed by atoms with Crippen molar-refractivity contribution >= 4 is 0 Å². The molecule has 1 heterocycles. The number of imidazole rings is 1. The molecule has 6 nitrogen and oxygen atoms in total. The quantitative estimate of drug-likeness (QED) is 0.352. The van der Waals surface area contributed by atoms with E-state index in [0.29, 0.717) is 0 Å². The summed E-state index contributed by atoms with van der Waals surface area (Å²) in [5, 5.41) is 14.8. The van der Waals surface area contributed by atoms with Crippen LogP contribution in [-0.2, 0) is 13.5 Å². The Balaban J connectivity index is 0.000000631. The minimum absolute atomic E-state index is 1.19. The zero-order chi connectivity index (χ0) is 13.8. The van der Waals surface area contributed by atoms with E-state index in [2.05, 4.69) is 29.7 Å². The number of aryl methyl sites for hydroxylation is 2. The number of rotatable bonds is 7. The Kier molecular flexibility index (Phi) is 9.62. The lowest BCUT2D eigenvalue weighted by Crippen LogP contribution is -2.30. The maximum absolute atomic E-state index is 8.25. The Morgan fingerprint density at radius 3 is 2.28 bits per heavy atom. The van der Waals surface area contributed by atoms with Gasteiger partial charge < -0.3 is 15.3 Å². The molecular formula is C12H23N3O3. The highest BCUT2D eigenvalue weighted by Gasteiger charge is 2.04. The molecule has 0 spiro atoms. The summed E-state index contributed by atoms with van der Waals surface area (Å²) >= 11 is 0. The molecule has 0 unspecified atom stereocenters. The predicted octanol–water partition coefficient (Wildman–Crippen LogP) is 2.50. The largest absolute Gasteiger partial charge is 0.356 e. The van der Waals surface area contributed by atoms with Gasteiger partial charge in [-0.3, -0.25) is 0 Å².